The fourth-order valence-electron chi connectivity index (χ4n) is 3.07. The number of nitrogens with one attached hydrogen (secondary N) is 1. The van der Waals surface area contributed by atoms with E-state index < -0.39 is 17.7 Å². The second kappa shape index (κ2) is 8.65. The highest BCUT2D eigenvalue weighted by molar-refractivity contribution is 6.04. The van der Waals surface area contributed by atoms with Crippen molar-refractivity contribution in [3.63, 3.8) is 0 Å². The lowest BCUT2D eigenvalue weighted by molar-refractivity contribution is 0.102. The molecular weight excluding hydrogens is 372 g/mol. The van der Waals surface area contributed by atoms with Gasteiger partial charge in [0.2, 0.25) is 5.95 Å². The molecule has 0 aliphatic heterocycles. The molecule has 0 aliphatic rings. The summed E-state index contributed by atoms with van der Waals surface area (Å²) >= 11 is 0. The Morgan fingerprint density at radius 2 is 1.66 bits per heavy atom. The topological polar surface area (TPSA) is 46.9 Å². The number of carbonyl (C=O) groups is 1. The van der Waals surface area contributed by atoms with E-state index >= 15 is 0 Å². The van der Waals surface area contributed by atoms with Crippen molar-refractivity contribution in [1.82, 2.24) is 9.55 Å². The number of benzene rings is 2. The molecule has 148 valence electrons. The minimum atomic E-state index is -0.716. The minimum Gasteiger partial charge on any atom is -0.343 e. The van der Waals surface area contributed by atoms with Crippen molar-refractivity contribution >= 4 is 22.6 Å². The number of pyridine rings is 1. The molecule has 0 atom stereocenters. The number of aryl methyl sites for hydroxylation is 1. The zero-order valence-corrected chi connectivity index (χ0v) is 16.4. The molecule has 29 heavy (non-hydrogen) atoms. The molecule has 0 saturated heterocycles. The maximum absolute atomic E-state index is 14.6. The molecule has 1 amide bonds. The summed E-state index contributed by atoms with van der Waals surface area (Å²) in [4.78, 5) is 16.0. The van der Waals surface area contributed by atoms with Crippen molar-refractivity contribution in [3.8, 4) is 11.3 Å². The van der Waals surface area contributed by atoms with Crippen LogP contribution < -0.4 is 5.32 Å². The second-order valence-electron chi connectivity index (χ2n) is 6.12. The van der Waals surface area contributed by atoms with Gasteiger partial charge in [0.25, 0.3) is 5.91 Å². The summed E-state index contributed by atoms with van der Waals surface area (Å²) < 4.78 is 30.2. The number of fused-ring (bicyclic) bond motifs is 1. The van der Waals surface area contributed by atoms with E-state index in [1.807, 2.05) is 55.8 Å². The Balaban J connectivity index is 0.00000117. The van der Waals surface area contributed by atoms with Gasteiger partial charge in [0, 0.05) is 18.0 Å². The molecule has 0 aliphatic carbocycles. The van der Waals surface area contributed by atoms with Gasteiger partial charge in [-0.05, 0) is 36.4 Å². The lowest BCUT2D eigenvalue weighted by Crippen LogP contribution is -2.15. The van der Waals surface area contributed by atoms with E-state index in [-0.39, 0.29) is 11.4 Å². The first-order valence-corrected chi connectivity index (χ1v) is 9.32. The Hall–Kier alpha value is -3.54. The second-order valence-corrected chi connectivity index (χ2v) is 6.12. The van der Waals surface area contributed by atoms with E-state index in [1.165, 1.54) is 24.3 Å². The number of aromatic nitrogens is 2. The molecule has 6 heteroatoms. The molecule has 0 radical (unpaired) electrons. The zero-order chi connectivity index (χ0) is 21.0. The molecule has 4 nitrogen and oxygen atoms in total. The van der Waals surface area contributed by atoms with Gasteiger partial charge in [0.05, 0.1) is 16.8 Å². The van der Waals surface area contributed by atoms with Crippen LogP contribution in [0.2, 0.25) is 0 Å². The maximum Gasteiger partial charge on any atom is 0.259 e. The molecule has 0 spiro atoms. The van der Waals surface area contributed by atoms with E-state index in [1.54, 1.807) is 12.1 Å². The monoisotopic (exact) mass is 393 g/mol. The van der Waals surface area contributed by atoms with Crippen LogP contribution in [0.3, 0.4) is 0 Å². The van der Waals surface area contributed by atoms with Gasteiger partial charge >= 0.3 is 0 Å². The van der Waals surface area contributed by atoms with Crippen molar-refractivity contribution in [2.75, 3.05) is 5.32 Å². The smallest absolute Gasteiger partial charge is 0.259 e. The Morgan fingerprint density at radius 3 is 2.34 bits per heavy atom. The van der Waals surface area contributed by atoms with Crippen molar-refractivity contribution in [1.29, 1.82) is 0 Å². The number of carbonyl (C=O) groups excluding carboxylic acids is 1. The van der Waals surface area contributed by atoms with Crippen LogP contribution in [0, 0.1) is 11.8 Å². The Labute approximate surface area is 167 Å². The van der Waals surface area contributed by atoms with E-state index in [0.717, 1.165) is 10.9 Å². The molecular formula is C23H21F2N3O. The molecule has 4 rings (SSSR count). The van der Waals surface area contributed by atoms with Crippen LogP contribution >= 0.6 is 0 Å². The van der Waals surface area contributed by atoms with E-state index in [4.69, 9.17) is 0 Å². The molecule has 2 aromatic heterocycles. The highest BCUT2D eigenvalue weighted by atomic mass is 19.1. The molecule has 0 fully saturated rings. The normalized spacial score (nSPS) is 10.4. The van der Waals surface area contributed by atoms with Crippen molar-refractivity contribution in [2.24, 2.45) is 7.05 Å². The van der Waals surface area contributed by atoms with Crippen molar-refractivity contribution < 1.29 is 13.6 Å². The van der Waals surface area contributed by atoms with Crippen LogP contribution in [0.1, 0.15) is 24.2 Å². The lowest BCUT2D eigenvalue weighted by Gasteiger charge is -2.09. The molecule has 0 saturated carbocycles. The number of anilines is 1. The van der Waals surface area contributed by atoms with Gasteiger partial charge in [-0.25, -0.2) is 9.37 Å². The van der Waals surface area contributed by atoms with Crippen LogP contribution in [0.5, 0.6) is 0 Å². The SMILES string of the molecule is CC.Cn1c(-c2ccc(NC(=O)c3ccccc3F)nc2F)cc2ccccc21. The number of para-hydroxylation sites is 1. The number of hydrogen-bond acceptors (Lipinski definition) is 2. The molecule has 2 aromatic carbocycles. The molecule has 4 aromatic rings. The Bertz CT molecular complexity index is 1170. The lowest BCUT2D eigenvalue weighted by atomic mass is 10.2. The summed E-state index contributed by atoms with van der Waals surface area (Å²) in [6, 6.07) is 18.2. The summed E-state index contributed by atoms with van der Waals surface area (Å²) in [5, 5.41) is 3.41. The number of amides is 1. The highest BCUT2D eigenvalue weighted by Crippen LogP contribution is 2.29. The molecule has 1 N–H and O–H groups in total. The largest absolute Gasteiger partial charge is 0.343 e. The average molecular weight is 393 g/mol. The van der Waals surface area contributed by atoms with Crippen LogP contribution in [-0.2, 0) is 7.05 Å². The summed E-state index contributed by atoms with van der Waals surface area (Å²) in [5.41, 5.74) is 1.84. The van der Waals surface area contributed by atoms with Crippen molar-refractivity contribution in [3.05, 3.63) is 84.1 Å². The molecule has 0 unspecified atom stereocenters. The van der Waals surface area contributed by atoms with E-state index in [0.29, 0.717) is 11.3 Å². The number of rotatable bonds is 3. The van der Waals surface area contributed by atoms with Crippen LogP contribution in [-0.4, -0.2) is 15.5 Å². The first-order chi connectivity index (χ1) is 14.0. The zero-order valence-electron chi connectivity index (χ0n) is 16.4. The third-order valence-electron chi connectivity index (χ3n) is 4.44. The minimum absolute atomic E-state index is 0.0169. The standard InChI is InChI=1S/C21H15F2N3O.C2H6/c1-26-17-9-5-2-6-13(17)12-18(26)15-10-11-19(24-20(15)23)25-21(27)14-7-3-4-8-16(14)22;1-2/h2-12H,1H3,(H,24,25,27);1-2H3. The van der Waals surface area contributed by atoms with Gasteiger partial charge in [-0.2, -0.15) is 4.39 Å². The third kappa shape index (κ3) is 4.01. The van der Waals surface area contributed by atoms with E-state index in [9.17, 15) is 13.6 Å². The molecule has 2 heterocycles. The number of halogens is 2. The van der Waals surface area contributed by atoms with Gasteiger partial charge < -0.3 is 9.88 Å². The first-order valence-electron chi connectivity index (χ1n) is 9.32. The summed E-state index contributed by atoms with van der Waals surface area (Å²) in [6.07, 6.45) is 0. The summed E-state index contributed by atoms with van der Waals surface area (Å²) in [7, 11) is 1.85. The van der Waals surface area contributed by atoms with Gasteiger partial charge in [0.15, 0.2) is 0 Å². The summed E-state index contributed by atoms with van der Waals surface area (Å²) in [6.45, 7) is 4.00. The van der Waals surface area contributed by atoms with Crippen LogP contribution in [0.4, 0.5) is 14.6 Å². The highest BCUT2D eigenvalue weighted by Gasteiger charge is 2.16. The quantitative estimate of drug-likeness (QED) is 0.447. The predicted molar refractivity (Wildman–Crippen MR) is 112 cm³/mol. The fraction of sp³-hybridized carbons (Fsp3) is 0.130. The van der Waals surface area contributed by atoms with Crippen LogP contribution in [0.15, 0.2) is 66.7 Å². The third-order valence-corrected chi connectivity index (χ3v) is 4.44. The summed E-state index contributed by atoms with van der Waals surface area (Å²) in [5.74, 6) is -2.03. The number of hydrogen-bond donors (Lipinski definition) is 1. The molecule has 0 bridgehead atoms. The van der Waals surface area contributed by atoms with Gasteiger partial charge in [-0.15, -0.1) is 0 Å². The van der Waals surface area contributed by atoms with Gasteiger partial charge in [0.1, 0.15) is 11.6 Å². The maximum atomic E-state index is 14.6. The predicted octanol–water partition coefficient (Wildman–Crippen LogP) is 5.80. The Kier molecular flexibility index (Phi) is 6.02. The fourth-order valence-corrected chi connectivity index (χ4v) is 3.07. The first kappa shape index (κ1) is 20.2. The van der Waals surface area contributed by atoms with Crippen molar-refractivity contribution in [2.45, 2.75) is 13.8 Å². The van der Waals surface area contributed by atoms with Gasteiger partial charge in [-0.3, -0.25) is 4.79 Å². The van der Waals surface area contributed by atoms with Gasteiger partial charge in [-0.1, -0.05) is 44.2 Å². The Morgan fingerprint density at radius 1 is 0.966 bits per heavy atom. The average Bonchev–Trinajstić information content (AvgIpc) is 3.06. The number of nitrogens with zero attached hydrogens (tertiary/aromatic N) is 2. The van der Waals surface area contributed by atoms with E-state index in [2.05, 4.69) is 10.3 Å². The van der Waals surface area contributed by atoms with Crippen LogP contribution in [0.25, 0.3) is 22.2 Å².